The molecule has 0 N–H and O–H groups in total. The summed E-state index contributed by atoms with van der Waals surface area (Å²) in [5, 5.41) is 12.4. The fraction of sp³-hybridized carbons (Fsp3) is 0. The number of hydrogen-bond donors (Lipinski definition) is 0. The van der Waals surface area contributed by atoms with E-state index in [0.29, 0.717) is 0 Å². The Morgan fingerprint density at radius 3 is 2.09 bits per heavy atom. The molecule has 53 heavy (non-hydrogen) atoms. The van der Waals surface area contributed by atoms with Crippen molar-refractivity contribution in [3.63, 3.8) is 0 Å². The molecule has 0 aliphatic heterocycles. The first-order valence-corrected chi connectivity index (χ1v) is 18.8. The molecule has 0 atom stereocenters. The minimum Gasteiger partial charge on any atom is -0.308 e. The van der Waals surface area contributed by atoms with Crippen molar-refractivity contribution in [1.82, 2.24) is 18.9 Å². The van der Waals surface area contributed by atoms with E-state index in [4.69, 9.17) is 9.97 Å². The molecule has 4 nitrogen and oxygen atoms in total. The highest BCUT2D eigenvalue weighted by atomic mass is 32.1. The highest BCUT2D eigenvalue weighted by Crippen LogP contribution is 2.50. The molecule has 0 saturated carbocycles. The van der Waals surface area contributed by atoms with Crippen LogP contribution in [-0.4, -0.2) is 18.9 Å². The monoisotopic (exact) mass is 690 g/mol. The largest absolute Gasteiger partial charge is 0.308 e. The molecule has 0 radical (unpaired) electrons. The average molecular weight is 691 g/mol. The van der Waals surface area contributed by atoms with Crippen molar-refractivity contribution in [2.75, 3.05) is 0 Å². The molecule has 0 fully saturated rings. The lowest BCUT2D eigenvalue weighted by atomic mass is 10.0. The number of benzene rings is 8. The van der Waals surface area contributed by atoms with Crippen molar-refractivity contribution in [1.29, 1.82) is 0 Å². The molecule has 0 unspecified atom stereocenters. The summed E-state index contributed by atoms with van der Waals surface area (Å²) in [4.78, 5) is 11.1. The van der Waals surface area contributed by atoms with Crippen molar-refractivity contribution in [2.45, 2.75) is 0 Å². The van der Waals surface area contributed by atoms with Gasteiger partial charge in [0.1, 0.15) is 5.69 Å². The number of rotatable bonds is 2. The van der Waals surface area contributed by atoms with Gasteiger partial charge in [-0.05, 0) is 41.8 Å². The van der Waals surface area contributed by atoms with E-state index in [1.54, 1.807) is 0 Å². The van der Waals surface area contributed by atoms with Crippen molar-refractivity contribution >= 4 is 113 Å². The van der Waals surface area contributed by atoms with E-state index in [9.17, 15) is 0 Å². The van der Waals surface area contributed by atoms with Gasteiger partial charge < -0.3 is 4.40 Å². The number of nitrogens with zero attached hydrogens (tertiary/aromatic N) is 4. The molecule has 0 saturated heterocycles. The molecule has 8 aromatic carbocycles. The van der Waals surface area contributed by atoms with Gasteiger partial charge in [-0.15, -0.1) is 11.3 Å². The van der Waals surface area contributed by atoms with Gasteiger partial charge in [-0.3, -0.25) is 4.57 Å². The van der Waals surface area contributed by atoms with Gasteiger partial charge in [-0.1, -0.05) is 121 Å². The molecule has 0 spiro atoms. The molecule has 13 aromatic rings. The summed E-state index contributed by atoms with van der Waals surface area (Å²) in [5.74, 6) is 0.831. The zero-order chi connectivity index (χ0) is 34.4. The van der Waals surface area contributed by atoms with Crippen LogP contribution < -0.4 is 0 Å². The molecule has 0 amide bonds. The van der Waals surface area contributed by atoms with E-state index in [1.165, 1.54) is 69.0 Å². The molecule has 0 bridgehead atoms. The smallest absolute Gasteiger partial charge is 0.165 e. The molecule has 0 aliphatic rings. The molecule has 13 rings (SSSR count). The summed E-state index contributed by atoms with van der Waals surface area (Å²) in [7, 11) is 0. The molecule has 0 aliphatic carbocycles. The van der Waals surface area contributed by atoms with E-state index < -0.39 is 0 Å². The molecule has 244 valence electrons. The normalized spacial score (nSPS) is 12.5. The predicted octanol–water partition coefficient (Wildman–Crippen LogP) is 13.1. The first-order chi connectivity index (χ1) is 26.3. The maximum atomic E-state index is 5.60. The van der Waals surface area contributed by atoms with Crippen molar-refractivity contribution in [3.8, 4) is 17.1 Å². The third-order valence-electron chi connectivity index (χ3n) is 11.4. The van der Waals surface area contributed by atoms with Crippen LogP contribution in [0.15, 0.2) is 158 Å². The quantitative estimate of drug-likeness (QED) is 0.169. The number of para-hydroxylation sites is 2. The summed E-state index contributed by atoms with van der Waals surface area (Å²) in [6.45, 7) is 0. The van der Waals surface area contributed by atoms with E-state index in [-0.39, 0.29) is 0 Å². The lowest BCUT2D eigenvalue weighted by molar-refractivity contribution is 1.08. The van der Waals surface area contributed by atoms with Crippen LogP contribution in [0.4, 0.5) is 0 Å². The zero-order valence-corrected chi connectivity index (χ0v) is 29.0. The summed E-state index contributed by atoms with van der Waals surface area (Å²) in [6, 6.07) is 57.1. The number of fused-ring (bicyclic) bond motifs is 12. The Kier molecular flexibility index (Phi) is 5.22. The Morgan fingerprint density at radius 1 is 0.453 bits per heavy atom. The van der Waals surface area contributed by atoms with E-state index >= 15 is 0 Å². The van der Waals surface area contributed by atoms with Gasteiger partial charge in [0.15, 0.2) is 5.82 Å². The van der Waals surface area contributed by atoms with Gasteiger partial charge in [0.2, 0.25) is 0 Å². The summed E-state index contributed by atoms with van der Waals surface area (Å²) in [5.41, 5.74) is 9.60. The van der Waals surface area contributed by atoms with Gasteiger partial charge in [-0.25, -0.2) is 9.97 Å². The van der Waals surface area contributed by atoms with Crippen LogP contribution in [0.3, 0.4) is 0 Å². The number of thiophene rings is 1. The van der Waals surface area contributed by atoms with Crippen LogP contribution in [-0.2, 0) is 0 Å². The first-order valence-electron chi connectivity index (χ1n) is 18.0. The Labute approximate surface area is 305 Å². The maximum absolute atomic E-state index is 5.60. The minimum absolute atomic E-state index is 0.831. The lowest BCUT2D eigenvalue weighted by Gasteiger charge is -2.15. The predicted molar refractivity (Wildman–Crippen MR) is 224 cm³/mol. The summed E-state index contributed by atoms with van der Waals surface area (Å²) < 4.78 is 7.53. The SMILES string of the molecule is c1ccc(-c2nc3c(ccc4ccccc43)nc2-n2c3cc4c5ccccc5sc4c4c5cccc6c7ccccc7n(c7cccc2c7c43)c65)cc1. The third-order valence-corrected chi connectivity index (χ3v) is 12.6. The Bertz CT molecular complexity index is 3680. The van der Waals surface area contributed by atoms with Crippen molar-refractivity contribution in [3.05, 3.63) is 158 Å². The van der Waals surface area contributed by atoms with Crippen LogP contribution in [0.1, 0.15) is 0 Å². The average Bonchev–Trinajstić information content (AvgIpc) is 3.84. The van der Waals surface area contributed by atoms with Crippen molar-refractivity contribution < 1.29 is 0 Å². The molecule has 5 heteroatoms. The van der Waals surface area contributed by atoms with Crippen LogP contribution in [0.5, 0.6) is 0 Å². The van der Waals surface area contributed by atoms with Crippen LogP contribution >= 0.6 is 11.3 Å². The topological polar surface area (TPSA) is 35.1 Å². The van der Waals surface area contributed by atoms with Gasteiger partial charge in [0.25, 0.3) is 0 Å². The Hall–Kier alpha value is -6.82. The van der Waals surface area contributed by atoms with Crippen LogP contribution in [0, 0.1) is 0 Å². The van der Waals surface area contributed by atoms with Crippen molar-refractivity contribution in [2.24, 2.45) is 0 Å². The first kappa shape index (κ1) is 27.8. The third kappa shape index (κ3) is 3.50. The Morgan fingerprint density at radius 2 is 1.17 bits per heavy atom. The molecule has 5 aromatic heterocycles. The van der Waals surface area contributed by atoms with E-state index in [1.807, 2.05) is 11.3 Å². The lowest BCUT2D eigenvalue weighted by Crippen LogP contribution is -2.04. The standard InChI is InChI=1S/C48H26N4S/c1-2-13-28(14-3-1)44-48(49-35-25-24-27-12-4-5-15-29(27)45(35)50-44)52-38-22-11-21-37-42(38)43-39(52)26-34-31-17-7-9-23-40(31)53-47(34)41(43)33-19-10-18-32-30-16-6-8-20-36(30)51(37)46(32)33/h1-26H. The van der Waals surface area contributed by atoms with E-state index in [2.05, 4.69) is 167 Å². The van der Waals surface area contributed by atoms with Crippen LogP contribution in [0.25, 0.3) is 119 Å². The summed E-state index contributed by atoms with van der Waals surface area (Å²) in [6.07, 6.45) is 0. The summed E-state index contributed by atoms with van der Waals surface area (Å²) >= 11 is 1.90. The van der Waals surface area contributed by atoms with Gasteiger partial charge in [0, 0.05) is 63.4 Å². The second-order valence-corrected chi connectivity index (χ2v) is 15.2. The van der Waals surface area contributed by atoms with Gasteiger partial charge >= 0.3 is 0 Å². The second kappa shape index (κ2) is 9.94. The fourth-order valence-corrected chi connectivity index (χ4v) is 10.5. The fourth-order valence-electron chi connectivity index (χ4n) is 9.24. The van der Waals surface area contributed by atoms with Gasteiger partial charge in [-0.2, -0.15) is 0 Å². The highest BCUT2D eigenvalue weighted by Gasteiger charge is 2.27. The number of aromatic nitrogens is 4. The van der Waals surface area contributed by atoms with Gasteiger partial charge in [0.05, 0.1) is 38.6 Å². The van der Waals surface area contributed by atoms with Crippen LogP contribution in [0.2, 0.25) is 0 Å². The second-order valence-electron chi connectivity index (χ2n) is 14.1. The Balaban J connectivity index is 1.33. The maximum Gasteiger partial charge on any atom is 0.165 e. The molecule has 5 heterocycles. The zero-order valence-electron chi connectivity index (χ0n) is 28.2. The number of hydrogen-bond acceptors (Lipinski definition) is 3. The molecular weight excluding hydrogens is 665 g/mol. The van der Waals surface area contributed by atoms with E-state index in [0.717, 1.165) is 49.9 Å². The molecular formula is C48H26N4S. The minimum atomic E-state index is 0.831. The highest BCUT2D eigenvalue weighted by molar-refractivity contribution is 7.26.